The predicted molar refractivity (Wildman–Crippen MR) is 84.0 cm³/mol. The molecule has 0 unspecified atom stereocenters. The Morgan fingerprint density at radius 2 is 1.96 bits per heavy atom. The molecule has 0 radical (unpaired) electrons. The third kappa shape index (κ3) is 3.24. The van der Waals surface area contributed by atoms with Gasteiger partial charge in [0.15, 0.2) is 11.9 Å². The van der Waals surface area contributed by atoms with Crippen molar-refractivity contribution in [2.45, 2.75) is 24.5 Å². The molecule has 2 aromatic rings. The summed E-state index contributed by atoms with van der Waals surface area (Å²) in [5.74, 6) is 4.77. The van der Waals surface area contributed by atoms with Gasteiger partial charge in [-0.25, -0.2) is 4.68 Å². The molecule has 1 amide bonds. The van der Waals surface area contributed by atoms with Gasteiger partial charge in [-0.2, -0.15) is 0 Å². The van der Waals surface area contributed by atoms with Crippen LogP contribution < -0.4 is 5.73 Å². The average Bonchev–Trinajstić information content (AvgIpc) is 3.16. The molecule has 9 nitrogen and oxygen atoms in total. The van der Waals surface area contributed by atoms with Crippen molar-refractivity contribution in [1.82, 2.24) is 15.0 Å². The first kappa shape index (κ1) is 17.1. The molecule has 4 atom stereocenters. The molecular weight excluding hydrogens is 328 g/mol. The van der Waals surface area contributed by atoms with Crippen LogP contribution >= 0.6 is 0 Å². The van der Waals surface area contributed by atoms with Gasteiger partial charge in [0, 0.05) is 5.56 Å². The summed E-state index contributed by atoms with van der Waals surface area (Å²) in [7, 11) is 0. The minimum absolute atomic E-state index is 0.0474. The summed E-state index contributed by atoms with van der Waals surface area (Å²) in [4.78, 5) is 11.6. The molecule has 3 rings (SSSR count). The summed E-state index contributed by atoms with van der Waals surface area (Å²) in [6.07, 6.45) is -4.84. The number of primary amides is 1. The van der Waals surface area contributed by atoms with E-state index in [4.69, 9.17) is 10.5 Å². The number of aliphatic hydroxyl groups is 3. The lowest BCUT2D eigenvalue weighted by atomic mass is 10.1. The number of nitrogens with two attached hydrogens (primary N) is 1. The van der Waals surface area contributed by atoms with E-state index in [0.717, 1.165) is 4.68 Å². The van der Waals surface area contributed by atoms with Gasteiger partial charge in [0.05, 0.1) is 6.61 Å². The Labute approximate surface area is 142 Å². The number of nitrogens with zero attached hydrogens (tertiary/aromatic N) is 3. The summed E-state index contributed by atoms with van der Waals surface area (Å²) in [5.41, 5.74) is 5.85. The molecule has 0 aliphatic carbocycles. The van der Waals surface area contributed by atoms with Gasteiger partial charge in [0.1, 0.15) is 24.0 Å². The Kier molecular flexibility index (Phi) is 4.78. The van der Waals surface area contributed by atoms with Crippen LogP contribution in [0.2, 0.25) is 0 Å². The Morgan fingerprint density at radius 3 is 2.56 bits per heavy atom. The van der Waals surface area contributed by atoms with Crippen molar-refractivity contribution in [3.8, 4) is 11.8 Å². The number of aromatic nitrogens is 3. The van der Waals surface area contributed by atoms with Crippen molar-refractivity contribution >= 4 is 5.91 Å². The Morgan fingerprint density at radius 1 is 1.24 bits per heavy atom. The van der Waals surface area contributed by atoms with E-state index in [9.17, 15) is 20.1 Å². The molecule has 1 aromatic heterocycles. The molecule has 1 saturated heterocycles. The average molecular weight is 344 g/mol. The van der Waals surface area contributed by atoms with Crippen LogP contribution in [0, 0.1) is 11.8 Å². The van der Waals surface area contributed by atoms with Crippen LogP contribution in [0.3, 0.4) is 0 Å². The van der Waals surface area contributed by atoms with Gasteiger partial charge >= 0.3 is 0 Å². The fraction of sp³-hybridized carbons (Fsp3) is 0.312. The number of carbonyl (C=O) groups is 1. The van der Waals surface area contributed by atoms with E-state index in [1.807, 2.05) is 6.07 Å². The zero-order chi connectivity index (χ0) is 18.0. The van der Waals surface area contributed by atoms with Crippen LogP contribution in [0.25, 0.3) is 0 Å². The summed E-state index contributed by atoms with van der Waals surface area (Å²) in [5, 5.41) is 36.7. The van der Waals surface area contributed by atoms with E-state index < -0.39 is 37.1 Å². The van der Waals surface area contributed by atoms with E-state index in [1.54, 1.807) is 24.3 Å². The molecule has 0 bridgehead atoms. The van der Waals surface area contributed by atoms with Crippen LogP contribution in [0.5, 0.6) is 0 Å². The Balaban J connectivity index is 2.01. The van der Waals surface area contributed by atoms with E-state index >= 15 is 0 Å². The SMILES string of the molecule is NC(=O)c1nnn([C@@H]2O[C@H](CO)[C@@H](O)[C@H]2O)c1C#Cc1ccccc1. The summed E-state index contributed by atoms with van der Waals surface area (Å²) in [6, 6.07) is 9.00. The van der Waals surface area contributed by atoms with Crippen LogP contribution in [0.1, 0.15) is 28.0 Å². The van der Waals surface area contributed by atoms with Gasteiger partial charge in [0.2, 0.25) is 0 Å². The first-order chi connectivity index (χ1) is 12.0. The predicted octanol–water partition coefficient (Wildman–Crippen LogP) is -1.61. The third-order valence-electron chi connectivity index (χ3n) is 3.79. The lowest BCUT2D eigenvalue weighted by Crippen LogP contribution is -2.33. The molecule has 9 heteroatoms. The first-order valence-corrected chi connectivity index (χ1v) is 7.47. The quantitative estimate of drug-likeness (QED) is 0.490. The Hall–Kier alpha value is -2.77. The molecular formula is C16H16N4O5. The van der Waals surface area contributed by atoms with E-state index in [1.165, 1.54) is 0 Å². The maximum Gasteiger partial charge on any atom is 0.272 e. The minimum atomic E-state index is -1.38. The minimum Gasteiger partial charge on any atom is -0.394 e. The highest BCUT2D eigenvalue weighted by atomic mass is 16.6. The highest BCUT2D eigenvalue weighted by Crippen LogP contribution is 2.29. The zero-order valence-electron chi connectivity index (χ0n) is 13.0. The third-order valence-corrected chi connectivity index (χ3v) is 3.79. The maximum absolute atomic E-state index is 11.6. The second-order valence-electron chi connectivity index (χ2n) is 5.44. The smallest absolute Gasteiger partial charge is 0.272 e. The number of carbonyl (C=O) groups excluding carboxylic acids is 1. The van der Waals surface area contributed by atoms with Crippen molar-refractivity contribution in [3.05, 3.63) is 47.3 Å². The van der Waals surface area contributed by atoms with Crippen molar-refractivity contribution in [3.63, 3.8) is 0 Å². The van der Waals surface area contributed by atoms with Crippen molar-refractivity contribution in [2.24, 2.45) is 5.73 Å². The normalized spacial score (nSPS) is 25.4. The molecule has 1 fully saturated rings. The number of hydrogen-bond acceptors (Lipinski definition) is 7. The fourth-order valence-corrected chi connectivity index (χ4v) is 2.49. The lowest BCUT2D eigenvalue weighted by Gasteiger charge is -2.15. The fourth-order valence-electron chi connectivity index (χ4n) is 2.49. The van der Waals surface area contributed by atoms with Crippen molar-refractivity contribution in [2.75, 3.05) is 6.61 Å². The van der Waals surface area contributed by atoms with Crippen LogP contribution in [-0.2, 0) is 4.74 Å². The molecule has 25 heavy (non-hydrogen) atoms. The maximum atomic E-state index is 11.6. The van der Waals surface area contributed by atoms with Gasteiger partial charge in [-0.1, -0.05) is 29.3 Å². The number of hydrogen-bond donors (Lipinski definition) is 4. The molecule has 1 aliphatic heterocycles. The molecule has 130 valence electrons. The number of amides is 1. The molecule has 0 saturated carbocycles. The number of ether oxygens (including phenoxy) is 1. The second-order valence-corrected chi connectivity index (χ2v) is 5.44. The van der Waals surface area contributed by atoms with Gasteiger partial charge in [-0.3, -0.25) is 4.79 Å². The summed E-state index contributed by atoms with van der Waals surface area (Å²) < 4.78 is 6.48. The number of aliphatic hydroxyl groups excluding tert-OH is 3. The highest BCUT2D eigenvalue weighted by Gasteiger charge is 2.45. The van der Waals surface area contributed by atoms with Crippen LogP contribution in [-0.4, -0.2) is 61.1 Å². The van der Waals surface area contributed by atoms with Crippen LogP contribution in [0.4, 0.5) is 0 Å². The largest absolute Gasteiger partial charge is 0.394 e. The molecule has 1 aromatic carbocycles. The molecule has 0 spiro atoms. The van der Waals surface area contributed by atoms with Gasteiger partial charge in [-0.15, -0.1) is 5.10 Å². The molecule has 1 aliphatic rings. The number of benzene rings is 1. The van der Waals surface area contributed by atoms with E-state index in [2.05, 4.69) is 22.2 Å². The first-order valence-electron chi connectivity index (χ1n) is 7.47. The van der Waals surface area contributed by atoms with Gasteiger partial charge < -0.3 is 25.8 Å². The van der Waals surface area contributed by atoms with Gasteiger partial charge in [0.25, 0.3) is 5.91 Å². The highest BCUT2D eigenvalue weighted by molar-refractivity contribution is 5.92. The van der Waals surface area contributed by atoms with Crippen molar-refractivity contribution < 1.29 is 24.9 Å². The Bertz CT molecular complexity index is 826. The topological polar surface area (TPSA) is 144 Å². The zero-order valence-corrected chi connectivity index (χ0v) is 13.0. The van der Waals surface area contributed by atoms with E-state index in [0.29, 0.717) is 5.56 Å². The second kappa shape index (κ2) is 7.00. The monoisotopic (exact) mass is 344 g/mol. The van der Waals surface area contributed by atoms with Gasteiger partial charge in [-0.05, 0) is 18.1 Å². The number of rotatable bonds is 3. The lowest BCUT2D eigenvalue weighted by molar-refractivity contribution is -0.0597. The summed E-state index contributed by atoms with van der Waals surface area (Å²) >= 11 is 0. The molecule has 2 heterocycles. The van der Waals surface area contributed by atoms with Crippen LogP contribution in [0.15, 0.2) is 30.3 Å². The summed E-state index contributed by atoms with van der Waals surface area (Å²) in [6.45, 7) is -0.489. The van der Waals surface area contributed by atoms with Crippen molar-refractivity contribution in [1.29, 1.82) is 0 Å². The standard InChI is InChI=1S/C16H16N4O5/c17-15(24)12-10(7-6-9-4-2-1-3-5-9)20(19-18-12)16-14(23)13(22)11(8-21)25-16/h1-5,11,13-14,16,21-23H,8H2,(H2,17,24)/t11-,13-,14-,16-/m1/s1. The molecule has 5 N–H and O–H groups in total. The van der Waals surface area contributed by atoms with E-state index in [-0.39, 0.29) is 11.4 Å².